The maximum Gasteiger partial charge on any atom is 0.375 e. The largest absolute Gasteiger partial charge is 0.375 e. The van der Waals surface area contributed by atoms with Crippen LogP contribution in [0.5, 0.6) is 0 Å². The number of hydrogen-bond acceptors (Lipinski definition) is 5. The van der Waals surface area contributed by atoms with Crippen LogP contribution >= 0.6 is 22.9 Å². The van der Waals surface area contributed by atoms with Gasteiger partial charge in [0.25, 0.3) is 0 Å². The fraction of sp³-hybridized carbons (Fsp3) is 0. The number of carbonyl (C=O) groups excluding carboxylic acids is 1. The summed E-state index contributed by atoms with van der Waals surface area (Å²) in [5, 5.41) is 6.24. The first kappa shape index (κ1) is 16.5. The highest BCUT2D eigenvalue weighted by Crippen LogP contribution is 2.24. The number of nitrogens with zero attached hydrogens (tertiary/aromatic N) is 3. The van der Waals surface area contributed by atoms with E-state index < -0.39 is 5.97 Å². The maximum absolute atomic E-state index is 11.9. The van der Waals surface area contributed by atoms with Crippen LogP contribution in [0.4, 0.5) is 0 Å². The van der Waals surface area contributed by atoms with E-state index in [4.69, 9.17) is 16.4 Å². The van der Waals surface area contributed by atoms with Gasteiger partial charge in [0.05, 0.1) is 22.6 Å². The highest BCUT2D eigenvalue weighted by molar-refractivity contribution is 7.11. The van der Waals surface area contributed by atoms with Gasteiger partial charge in [-0.25, -0.2) is 9.78 Å². The van der Waals surface area contributed by atoms with Crippen LogP contribution in [0.25, 0.3) is 16.9 Å². The molecule has 5 nitrogen and oxygen atoms in total. The van der Waals surface area contributed by atoms with Gasteiger partial charge in [-0.15, -0.1) is 11.3 Å². The summed E-state index contributed by atoms with van der Waals surface area (Å²) in [5.41, 5.74) is 3.05. The normalized spacial score (nSPS) is 11.3. The monoisotopic (exact) mass is 381 g/mol. The molecule has 0 aliphatic carbocycles. The first-order valence-corrected chi connectivity index (χ1v) is 8.99. The fourth-order valence-corrected chi connectivity index (χ4v) is 3.29. The Hall–Kier alpha value is -2.96. The standard InChI is InChI=1S/C19H12ClN3O2S/c20-14-8-9-17-22-18(13-5-2-1-3-6-13)15(23(17)12-14)11-21-25-19(24)16-7-4-10-26-16/h1-12H/b21-11-. The summed E-state index contributed by atoms with van der Waals surface area (Å²) in [6.45, 7) is 0. The van der Waals surface area contributed by atoms with Crippen LogP contribution in [0.2, 0.25) is 5.02 Å². The number of pyridine rings is 1. The maximum atomic E-state index is 11.9. The fourth-order valence-electron chi connectivity index (χ4n) is 2.53. The van der Waals surface area contributed by atoms with Crippen molar-refractivity contribution in [3.8, 4) is 11.3 Å². The van der Waals surface area contributed by atoms with Gasteiger partial charge in [0.2, 0.25) is 0 Å². The predicted molar refractivity (Wildman–Crippen MR) is 103 cm³/mol. The molecule has 0 fully saturated rings. The smallest absolute Gasteiger partial charge is 0.312 e. The molecular formula is C19H12ClN3O2S. The molecule has 4 rings (SSSR count). The number of imidazole rings is 1. The minimum Gasteiger partial charge on any atom is -0.312 e. The van der Waals surface area contributed by atoms with Crippen molar-refractivity contribution < 1.29 is 9.63 Å². The molecule has 0 saturated heterocycles. The van der Waals surface area contributed by atoms with Crippen LogP contribution in [-0.2, 0) is 4.84 Å². The molecule has 0 spiro atoms. The van der Waals surface area contributed by atoms with Crippen molar-refractivity contribution in [2.45, 2.75) is 0 Å². The first-order chi connectivity index (χ1) is 12.7. The lowest BCUT2D eigenvalue weighted by molar-refractivity contribution is 0.0525. The van der Waals surface area contributed by atoms with E-state index in [9.17, 15) is 4.79 Å². The predicted octanol–water partition coefficient (Wildman–Crippen LogP) is 4.91. The first-order valence-electron chi connectivity index (χ1n) is 7.73. The molecule has 3 heterocycles. The molecule has 128 valence electrons. The molecule has 0 N–H and O–H groups in total. The zero-order chi connectivity index (χ0) is 17.9. The van der Waals surface area contributed by atoms with E-state index in [0.29, 0.717) is 15.6 Å². The van der Waals surface area contributed by atoms with Gasteiger partial charge in [0.1, 0.15) is 10.5 Å². The Balaban J connectivity index is 1.73. The summed E-state index contributed by atoms with van der Waals surface area (Å²) in [5.74, 6) is -0.496. The molecule has 0 bridgehead atoms. The molecular weight excluding hydrogens is 370 g/mol. The SMILES string of the molecule is O=C(O/N=C\c1c(-c2ccccc2)nc2ccc(Cl)cn12)c1cccs1. The van der Waals surface area contributed by atoms with E-state index in [2.05, 4.69) is 10.1 Å². The Labute approximate surface area is 158 Å². The Morgan fingerprint density at radius 3 is 2.77 bits per heavy atom. The van der Waals surface area contributed by atoms with Crippen molar-refractivity contribution in [2.75, 3.05) is 0 Å². The third-order valence-corrected chi connectivity index (χ3v) is 4.77. The number of rotatable bonds is 4. The zero-order valence-corrected chi connectivity index (χ0v) is 14.9. The van der Waals surface area contributed by atoms with E-state index in [-0.39, 0.29) is 0 Å². The zero-order valence-electron chi connectivity index (χ0n) is 13.4. The Bertz CT molecular complexity index is 1090. The molecule has 0 atom stereocenters. The number of fused-ring (bicyclic) bond motifs is 1. The molecule has 1 aromatic carbocycles. The molecule has 7 heteroatoms. The van der Waals surface area contributed by atoms with E-state index >= 15 is 0 Å². The van der Waals surface area contributed by atoms with Gasteiger partial charge in [0, 0.05) is 11.8 Å². The Morgan fingerprint density at radius 1 is 1.15 bits per heavy atom. The van der Waals surface area contributed by atoms with Gasteiger partial charge in [-0.1, -0.05) is 53.2 Å². The second kappa shape index (κ2) is 7.11. The third kappa shape index (κ3) is 3.24. The molecule has 26 heavy (non-hydrogen) atoms. The molecule has 0 aliphatic heterocycles. The topological polar surface area (TPSA) is 56.0 Å². The summed E-state index contributed by atoms with van der Waals surface area (Å²) >= 11 is 7.42. The van der Waals surface area contributed by atoms with Crippen LogP contribution in [0, 0.1) is 0 Å². The third-order valence-electron chi connectivity index (χ3n) is 3.70. The van der Waals surface area contributed by atoms with Crippen LogP contribution in [0.15, 0.2) is 71.3 Å². The number of aromatic nitrogens is 2. The molecule has 0 radical (unpaired) electrons. The van der Waals surface area contributed by atoms with E-state index in [1.807, 2.05) is 40.8 Å². The van der Waals surface area contributed by atoms with Crippen molar-refractivity contribution in [3.05, 3.63) is 81.8 Å². The number of thiophene rings is 1. The minimum absolute atomic E-state index is 0.492. The van der Waals surface area contributed by atoms with E-state index in [1.165, 1.54) is 17.6 Å². The van der Waals surface area contributed by atoms with Gasteiger partial charge in [0.15, 0.2) is 0 Å². The van der Waals surface area contributed by atoms with Gasteiger partial charge >= 0.3 is 5.97 Å². The lowest BCUT2D eigenvalue weighted by Crippen LogP contribution is -1.99. The summed E-state index contributed by atoms with van der Waals surface area (Å²) in [6.07, 6.45) is 3.23. The van der Waals surface area contributed by atoms with Gasteiger partial charge < -0.3 is 4.84 Å². The number of halogens is 1. The second-order valence-corrected chi connectivity index (χ2v) is 6.76. The average molecular weight is 382 g/mol. The lowest BCUT2D eigenvalue weighted by atomic mass is 10.1. The van der Waals surface area contributed by atoms with Gasteiger partial charge in [-0.2, -0.15) is 0 Å². The summed E-state index contributed by atoms with van der Waals surface area (Å²) in [6, 6.07) is 16.8. The molecule has 3 aromatic heterocycles. The quantitative estimate of drug-likeness (QED) is 0.287. The Morgan fingerprint density at radius 2 is 2.00 bits per heavy atom. The number of hydrogen-bond donors (Lipinski definition) is 0. The van der Waals surface area contributed by atoms with Crippen LogP contribution in [0.3, 0.4) is 0 Å². The molecule has 0 amide bonds. The molecule has 0 aliphatic rings. The summed E-state index contributed by atoms with van der Waals surface area (Å²) < 4.78 is 1.81. The lowest BCUT2D eigenvalue weighted by Gasteiger charge is -2.00. The second-order valence-electron chi connectivity index (χ2n) is 5.38. The van der Waals surface area contributed by atoms with Crippen molar-refractivity contribution in [1.82, 2.24) is 9.38 Å². The van der Waals surface area contributed by atoms with Crippen LogP contribution in [-0.4, -0.2) is 21.6 Å². The molecule has 0 saturated carbocycles. The van der Waals surface area contributed by atoms with Crippen molar-refractivity contribution in [3.63, 3.8) is 0 Å². The van der Waals surface area contributed by atoms with Crippen molar-refractivity contribution in [2.24, 2.45) is 5.16 Å². The van der Waals surface area contributed by atoms with Gasteiger partial charge in [-0.3, -0.25) is 4.40 Å². The van der Waals surface area contributed by atoms with E-state index in [0.717, 1.165) is 16.9 Å². The molecule has 4 aromatic rings. The van der Waals surface area contributed by atoms with Crippen LogP contribution < -0.4 is 0 Å². The molecule has 0 unspecified atom stereocenters. The number of oxime groups is 1. The highest BCUT2D eigenvalue weighted by Gasteiger charge is 2.13. The average Bonchev–Trinajstić information content (AvgIpc) is 3.31. The summed E-state index contributed by atoms with van der Waals surface area (Å²) in [4.78, 5) is 22.1. The van der Waals surface area contributed by atoms with Crippen LogP contribution in [0.1, 0.15) is 15.4 Å². The number of carbonyl (C=O) groups is 1. The highest BCUT2D eigenvalue weighted by atomic mass is 35.5. The van der Waals surface area contributed by atoms with Crippen molar-refractivity contribution in [1.29, 1.82) is 0 Å². The van der Waals surface area contributed by atoms with Gasteiger partial charge in [-0.05, 0) is 23.6 Å². The van der Waals surface area contributed by atoms with E-state index in [1.54, 1.807) is 29.8 Å². The minimum atomic E-state index is -0.496. The summed E-state index contributed by atoms with van der Waals surface area (Å²) in [7, 11) is 0. The Kier molecular flexibility index (Phi) is 4.51. The van der Waals surface area contributed by atoms with Crippen molar-refractivity contribution >= 4 is 40.8 Å². The number of benzene rings is 1.